The zero-order valence-corrected chi connectivity index (χ0v) is 10.8. The van der Waals surface area contributed by atoms with Gasteiger partial charge in [0.15, 0.2) is 0 Å². The number of benzene rings is 1. The van der Waals surface area contributed by atoms with Crippen LogP contribution in [0.3, 0.4) is 0 Å². The predicted molar refractivity (Wildman–Crippen MR) is 68.7 cm³/mol. The SMILES string of the molecule is N=C(OCCCc1ccccc1)C(Cl)(Cl)Cl. The van der Waals surface area contributed by atoms with Crippen LogP contribution in [0.5, 0.6) is 0 Å². The molecular formula is C11H12Cl3NO. The standard InChI is InChI=1S/C11H12Cl3NO/c12-11(13,14)10(15)16-8-4-7-9-5-2-1-3-6-9/h1-3,5-6,15H,4,7-8H2. The first kappa shape index (κ1) is 13.6. The number of halogens is 3. The lowest BCUT2D eigenvalue weighted by Gasteiger charge is -2.13. The molecule has 0 aliphatic carbocycles. The zero-order valence-electron chi connectivity index (χ0n) is 8.55. The molecule has 1 aromatic carbocycles. The summed E-state index contributed by atoms with van der Waals surface area (Å²) in [6, 6.07) is 10.0. The molecule has 1 rings (SSSR count). The minimum Gasteiger partial charge on any atom is -0.478 e. The fourth-order valence-corrected chi connectivity index (χ4v) is 1.34. The van der Waals surface area contributed by atoms with E-state index in [2.05, 4.69) is 0 Å². The third kappa shape index (κ3) is 5.06. The number of aryl methyl sites for hydroxylation is 1. The molecule has 0 aliphatic heterocycles. The molecule has 0 amide bonds. The lowest BCUT2D eigenvalue weighted by molar-refractivity contribution is 0.290. The molecule has 5 heteroatoms. The van der Waals surface area contributed by atoms with Crippen LogP contribution in [0.25, 0.3) is 0 Å². The first-order valence-electron chi connectivity index (χ1n) is 4.82. The summed E-state index contributed by atoms with van der Waals surface area (Å²) in [4.78, 5) is 0. The molecule has 0 spiro atoms. The van der Waals surface area contributed by atoms with Gasteiger partial charge in [-0.15, -0.1) is 0 Å². The molecule has 2 nitrogen and oxygen atoms in total. The third-order valence-corrected chi connectivity index (χ3v) is 2.47. The number of hydrogen-bond donors (Lipinski definition) is 1. The monoisotopic (exact) mass is 279 g/mol. The Morgan fingerprint density at radius 1 is 1.19 bits per heavy atom. The average molecular weight is 281 g/mol. The van der Waals surface area contributed by atoms with Crippen LogP contribution in [-0.2, 0) is 11.2 Å². The molecule has 0 aliphatic rings. The van der Waals surface area contributed by atoms with Crippen molar-refractivity contribution in [1.29, 1.82) is 5.41 Å². The number of alkyl halides is 3. The molecule has 0 radical (unpaired) electrons. The van der Waals surface area contributed by atoms with Gasteiger partial charge in [-0.3, -0.25) is 5.41 Å². The van der Waals surface area contributed by atoms with Crippen molar-refractivity contribution in [2.75, 3.05) is 6.61 Å². The molecule has 0 unspecified atom stereocenters. The maximum absolute atomic E-state index is 7.31. The minimum absolute atomic E-state index is 0.328. The lowest BCUT2D eigenvalue weighted by atomic mass is 10.1. The van der Waals surface area contributed by atoms with Crippen LogP contribution in [0.1, 0.15) is 12.0 Å². The fraction of sp³-hybridized carbons (Fsp3) is 0.364. The Balaban J connectivity index is 2.20. The molecule has 0 fully saturated rings. The van der Waals surface area contributed by atoms with Crippen molar-refractivity contribution in [3.8, 4) is 0 Å². The van der Waals surface area contributed by atoms with Crippen molar-refractivity contribution in [3.05, 3.63) is 35.9 Å². The minimum atomic E-state index is -1.76. The molecule has 0 atom stereocenters. The van der Waals surface area contributed by atoms with E-state index in [-0.39, 0.29) is 5.90 Å². The van der Waals surface area contributed by atoms with Gasteiger partial charge in [0.1, 0.15) is 0 Å². The molecule has 0 bridgehead atoms. The Morgan fingerprint density at radius 3 is 2.38 bits per heavy atom. The molecule has 0 saturated heterocycles. The van der Waals surface area contributed by atoms with Crippen molar-refractivity contribution in [2.24, 2.45) is 0 Å². The van der Waals surface area contributed by atoms with Crippen LogP contribution < -0.4 is 0 Å². The molecule has 0 aromatic heterocycles. The van der Waals surface area contributed by atoms with Gasteiger partial charge in [-0.2, -0.15) is 0 Å². The third-order valence-electron chi connectivity index (χ3n) is 1.96. The highest BCUT2D eigenvalue weighted by molar-refractivity contribution is 6.76. The Hall–Kier alpha value is -0.440. The topological polar surface area (TPSA) is 33.1 Å². The van der Waals surface area contributed by atoms with E-state index in [9.17, 15) is 0 Å². The first-order valence-corrected chi connectivity index (χ1v) is 5.96. The van der Waals surface area contributed by atoms with Gasteiger partial charge in [-0.1, -0.05) is 65.1 Å². The van der Waals surface area contributed by atoms with E-state index in [0.717, 1.165) is 12.8 Å². The van der Waals surface area contributed by atoms with Gasteiger partial charge in [-0.05, 0) is 18.4 Å². The zero-order chi connectivity index (χ0) is 12.0. The van der Waals surface area contributed by atoms with Gasteiger partial charge in [0.2, 0.25) is 5.90 Å². The summed E-state index contributed by atoms with van der Waals surface area (Å²) in [5.74, 6) is -0.328. The summed E-state index contributed by atoms with van der Waals surface area (Å²) in [5.41, 5.74) is 1.23. The van der Waals surface area contributed by atoms with Crippen LogP contribution in [0, 0.1) is 5.41 Å². The second-order valence-corrected chi connectivity index (χ2v) is 5.55. The summed E-state index contributed by atoms with van der Waals surface area (Å²) in [5, 5.41) is 7.31. The van der Waals surface area contributed by atoms with E-state index in [0.29, 0.717) is 6.61 Å². The Kier molecular flexibility index (Phi) is 5.39. The van der Waals surface area contributed by atoms with Crippen molar-refractivity contribution in [3.63, 3.8) is 0 Å². The highest BCUT2D eigenvalue weighted by Crippen LogP contribution is 2.27. The van der Waals surface area contributed by atoms with Gasteiger partial charge in [-0.25, -0.2) is 0 Å². The van der Waals surface area contributed by atoms with E-state index in [4.69, 9.17) is 44.9 Å². The van der Waals surface area contributed by atoms with Gasteiger partial charge in [0, 0.05) is 0 Å². The summed E-state index contributed by atoms with van der Waals surface area (Å²) in [7, 11) is 0. The molecule has 16 heavy (non-hydrogen) atoms. The summed E-state index contributed by atoms with van der Waals surface area (Å²) in [6.07, 6.45) is 1.67. The van der Waals surface area contributed by atoms with Gasteiger partial charge >= 0.3 is 0 Å². The van der Waals surface area contributed by atoms with E-state index < -0.39 is 3.79 Å². The molecule has 1 aromatic rings. The fourth-order valence-electron chi connectivity index (χ4n) is 1.18. The quantitative estimate of drug-likeness (QED) is 0.385. The average Bonchev–Trinajstić information content (AvgIpc) is 2.24. The number of rotatable bonds is 4. The second-order valence-electron chi connectivity index (χ2n) is 3.26. The van der Waals surface area contributed by atoms with E-state index in [1.165, 1.54) is 5.56 Å². The van der Waals surface area contributed by atoms with E-state index in [1.807, 2.05) is 30.3 Å². The number of hydrogen-bond acceptors (Lipinski definition) is 2. The first-order chi connectivity index (χ1) is 7.50. The highest BCUT2D eigenvalue weighted by Gasteiger charge is 2.28. The summed E-state index contributed by atoms with van der Waals surface area (Å²) < 4.78 is 3.26. The maximum atomic E-state index is 7.31. The molecule has 0 saturated carbocycles. The van der Waals surface area contributed by atoms with Crippen molar-refractivity contribution in [1.82, 2.24) is 0 Å². The van der Waals surface area contributed by atoms with Crippen LogP contribution in [-0.4, -0.2) is 16.3 Å². The van der Waals surface area contributed by atoms with Crippen molar-refractivity contribution in [2.45, 2.75) is 16.6 Å². The molecule has 0 heterocycles. The van der Waals surface area contributed by atoms with E-state index >= 15 is 0 Å². The second kappa shape index (κ2) is 6.33. The van der Waals surface area contributed by atoms with Crippen LogP contribution >= 0.6 is 34.8 Å². The normalized spacial score (nSPS) is 11.2. The van der Waals surface area contributed by atoms with Crippen molar-refractivity contribution >= 4 is 40.7 Å². The van der Waals surface area contributed by atoms with Crippen molar-refractivity contribution < 1.29 is 4.74 Å². The van der Waals surface area contributed by atoms with Gasteiger partial charge in [0.05, 0.1) is 6.61 Å². The predicted octanol–water partition coefficient (Wildman–Crippen LogP) is 3.98. The number of ether oxygens (including phenoxy) is 1. The molecule has 88 valence electrons. The highest BCUT2D eigenvalue weighted by atomic mass is 35.6. The van der Waals surface area contributed by atoms with E-state index in [1.54, 1.807) is 0 Å². The van der Waals surface area contributed by atoms with Crippen LogP contribution in [0.4, 0.5) is 0 Å². The lowest BCUT2D eigenvalue weighted by Crippen LogP contribution is -2.21. The maximum Gasteiger partial charge on any atom is 0.265 e. The smallest absolute Gasteiger partial charge is 0.265 e. The Morgan fingerprint density at radius 2 is 1.81 bits per heavy atom. The summed E-state index contributed by atoms with van der Waals surface area (Å²) in [6.45, 7) is 0.377. The van der Waals surface area contributed by atoms with Gasteiger partial charge < -0.3 is 4.74 Å². The van der Waals surface area contributed by atoms with Crippen LogP contribution in [0.2, 0.25) is 0 Å². The number of nitrogens with one attached hydrogen (secondary N) is 1. The Bertz CT molecular complexity index is 335. The summed E-state index contributed by atoms with van der Waals surface area (Å²) >= 11 is 16.4. The van der Waals surface area contributed by atoms with Gasteiger partial charge in [0.25, 0.3) is 3.79 Å². The largest absolute Gasteiger partial charge is 0.478 e. The molecular weight excluding hydrogens is 268 g/mol. The molecule has 1 N–H and O–H groups in total. The van der Waals surface area contributed by atoms with Crippen LogP contribution in [0.15, 0.2) is 30.3 Å². The Labute approximate surface area is 110 Å².